The van der Waals surface area contributed by atoms with Gasteiger partial charge in [-0.2, -0.15) is 0 Å². The Kier molecular flexibility index (Phi) is 2.91. The first-order chi connectivity index (χ1) is 9.58. The number of ether oxygens (including phenoxy) is 1. The summed E-state index contributed by atoms with van der Waals surface area (Å²) >= 11 is 0. The van der Waals surface area contributed by atoms with E-state index in [2.05, 4.69) is 0 Å². The van der Waals surface area contributed by atoms with Crippen LogP contribution in [0.25, 0.3) is 0 Å². The normalized spacial score (nSPS) is 21.1. The summed E-state index contributed by atoms with van der Waals surface area (Å²) in [5.41, 5.74) is 1.26. The zero-order valence-corrected chi connectivity index (χ0v) is 10.5. The third-order valence-electron chi connectivity index (χ3n) is 3.57. The van der Waals surface area contributed by atoms with Crippen molar-refractivity contribution in [2.45, 2.75) is 12.0 Å². The third-order valence-corrected chi connectivity index (χ3v) is 3.57. The van der Waals surface area contributed by atoms with Crippen molar-refractivity contribution in [2.75, 3.05) is 6.61 Å². The molecule has 1 aliphatic rings. The highest BCUT2D eigenvalue weighted by Crippen LogP contribution is 2.47. The van der Waals surface area contributed by atoms with Gasteiger partial charge in [0.15, 0.2) is 11.5 Å². The number of aliphatic hydroxyl groups excluding tert-OH is 1. The van der Waals surface area contributed by atoms with Crippen LogP contribution in [0.5, 0.6) is 23.0 Å². The van der Waals surface area contributed by atoms with Gasteiger partial charge in [-0.1, -0.05) is 12.1 Å². The zero-order chi connectivity index (χ0) is 14.3. The molecular formula is C15H14O5. The number of hydrogen-bond donors (Lipinski definition) is 4. The number of phenolic OH excluding ortho intramolecular Hbond substituents is 3. The third kappa shape index (κ3) is 1.92. The highest BCUT2D eigenvalue weighted by Gasteiger charge is 2.33. The van der Waals surface area contributed by atoms with Crippen molar-refractivity contribution in [3.63, 3.8) is 0 Å². The minimum Gasteiger partial charge on any atom is -0.508 e. The lowest BCUT2D eigenvalue weighted by molar-refractivity contribution is 0.0864. The summed E-state index contributed by atoms with van der Waals surface area (Å²) in [7, 11) is 0. The molecule has 20 heavy (non-hydrogen) atoms. The quantitative estimate of drug-likeness (QED) is 0.597. The van der Waals surface area contributed by atoms with E-state index in [9.17, 15) is 20.4 Å². The van der Waals surface area contributed by atoms with Gasteiger partial charge in [0, 0.05) is 11.5 Å². The number of rotatable bonds is 1. The van der Waals surface area contributed by atoms with Crippen LogP contribution < -0.4 is 4.74 Å². The molecule has 0 aliphatic carbocycles. The Morgan fingerprint density at radius 1 is 0.950 bits per heavy atom. The Labute approximate surface area is 115 Å². The average Bonchev–Trinajstić information content (AvgIpc) is 2.45. The molecule has 2 atom stereocenters. The molecule has 0 spiro atoms. The van der Waals surface area contributed by atoms with Crippen LogP contribution in [0.3, 0.4) is 0 Å². The van der Waals surface area contributed by atoms with E-state index in [1.165, 1.54) is 12.1 Å². The Morgan fingerprint density at radius 2 is 1.65 bits per heavy atom. The fraction of sp³-hybridized carbons (Fsp3) is 0.200. The fourth-order valence-corrected chi connectivity index (χ4v) is 2.44. The maximum Gasteiger partial charge on any atom is 0.200 e. The van der Waals surface area contributed by atoms with Gasteiger partial charge < -0.3 is 25.2 Å². The van der Waals surface area contributed by atoms with E-state index < -0.39 is 6.10 Å². The second-order valence-corrected chi connectivity index (χ2v) is 4.81. The van der Waals surface area contributed by atoms with E-state index in [0.29, 0.717) is 5.56 Å². The molecule has 2 unspecified atom stereocenters. The molecule has 5 heteroatoms. The van der Waals surface area contributed by atoms with Gasteiger partial charge in [0.25, 0.3) is 0 Å². The number of phenols is 3. The largest absolute Gasteiger partial charge is 0.508 e. The maximum absolute atomic E-state index is 10.4. The lowest BCUT2D eigenvalue weighted by Gasteiger charge is -2.31. The number of benzene rings is 2. The van der Waals surface area contributed by atoms with Crippen molar-refractivity contribution in [1.29, 1.82) is 0 Å². The van der Waals surface area contributed by atoms with Gasteiger partial charge in [-0.05, 0) is 29.8 Å². The number of fused-ring (bicyclic) bond motifs is 1. The van der Waals surface area contributed by atoms with Crippen LogP contribution in [0.15, 0.2) is 36.4 Å². The molecule has 1 aliphatic heterocycles. The Bertz CT molecular complexity index is 635. The van der Waals surface area contributed by atoms with Crippen molar-refractivity contribution in [3.05, 3.63) is 47.5 Å². The molecule has 0 fully saturated rings. The molecule has 0 amide bonds. The Balaban J connectivity index is 1.99. The molecule has 3 rings (SSSR count). The van der Waals surface area contributed by atoms with Gasteiger partial charge in [-0.25, -0.2) is 0 Å². The average molecular weight is 274 g/mol. The van der Waals surface area contributed by atoms with Crippen LogP contribution in [-0.4, -0.2) is 27.0 Å². The zero-order valence-electron chi connectivity index (χ0n) is 10.5. The first-order valence-electron chi connectivity index (χ1n) is 6.22. The van der Waals surface area contributed by atoms with Crippen molar-refractivity contribution >= 4 is 0 Å². The summed E-state index contributed by atoms with van der Waals surface area (Å²) in [6, 6.07) is 9.38. The van der Waals surface area contributed by atoms with Gasteiger partial charge in [-0.3, -0.25) is 0 Å². The summed E-state index contributed by atoms with van der Waals surface area (Å²) in [4.78, 5) is 0. The monoisotopic (exact) mass is 274 g/mol. The van der Waals surface area contributed by atoms with Crippen molar-refractivity contribution in [1.82, 2.24) is 0 Å². The smallest absolute Gasteiger partial charge is 0.200 e. The molecule has 1 heterocycles. The first kappa shape index (κ1) is 12.6. The summed E-state index contributed by atoms with van der Waals surface area (Å²) in [5.74, 6) is -0.660. The standard InChI is InChI=1S/C15H14O5/c16-9-3-1-8(2-4-9)11-7-20-15-10(13(11)18)5-6-12(17)14(15)19/h1-6,11,13,16-19H,7H2. The lowest BCUT2D eigenvalue weighted by atomic mass is 9.87. The highest BCUT2D eigenvalue weighted by atomic mass is 16.5. The molecule has 5 nitrogen and oxygen atoms in total. The summed E-state index contributed by atoms with van der Waals surface area (Å²) in [5, 5.41) is 38.9. The van der Waals surface area contributed by atoms with Crippen molar-refractivity contribution in [3.8, 4) is 23.0 Å². The van der Waals surface area contributed by atoms with Crippen molar-refractivity contribution < 1.29 is 25.2 Å². The Hall–Kier alpha value is -2.40. The molecule has 0 bridgehead atoms. The molecule has 2 aromatic carbocycles. The van der Waals surface area contributed by atoms with Crippen LogP contribution in [0.1, 0.15) is 23.1 Å². The van der Waals surface area contributed by atoms with E-state index in [0.717, 1.165) is 5.56 Å². The fourth-order valence-electron chi connectivity index (χ4n) is 2.44. The van der Waals surface area contributed by atoms with E-state index >= 15 is 0 Å². The van der Waals surface area contributed by atoms with Gasteiger partial charge in [0.05, 0.1) is 12.7 Å². The van der Waals surface area contributed by atoms with Gasteiger partial charge >= 0.3 is 0 Å². The molecule has 0 radical (unpaired) electrons. The van der Waals surface area contributed by atoms with E-state index in [1.54, 1.807) is 24.3 Å². The SMILES string of the molecule is Oc1ccc(C2COc3c(ccc(O)c3O)C2O)cc1. The predicted octanol–water partition coefficient (Wildman–Crippen LogP) is 2.01. The van der Waals surface area contributed by atoms with Gasteiger partial charge in [0.1, 0.15) is 5.75 Å². The van der Waals surface area contributed by atoms with E-state index in [-0.39, 0.29) is 35.5 Å². The minimum absolute atomic E-state index is 0.118. The molecule has 0 saturated carbocycles. The van der Waals surface area contributed by atoms with Crippen molar-refractivity contribution in [2.24, 2.45) is 0 Å². The lowest BCUT2D eigenvalue weighted by Crippen LogP contribution is -2.24. The number of hydrogen-bond acceptors (Lipinski definition) is 5. The van der Waals surface area contributed by atoms with Gasteiger partial charge in [-0.15, -0.1) is 0 Å². The van der Waals surface area contributed by atoms with Crippen LogP contribution >= 0.6 is 0 Å². The molecular weight excluding hydrogens is 260 g/mol. The summed E-state index contributed by atoms with van der Waals surface area (Å²) in [6.45, 7) is 0.177. The first-order valence-corrected chi connectivity index (χ1v) is 6.22. The van der Waals surface area contributed by atoms with Gasteiger partial charge in [0.2, 0.25) is 5.75 Å². The molecule has 104 valence electrons. The predicted molar refractivity (Wildman–Crippen MR) is 71.1 cm³/mol. The maximum atomic E-state index is 10.4. The summed E-state index contributed by atoms with van der Waals surface area (Å²) < 4.78 is 5.47. The molecule has 4 N–H and O–H groups in total. The van der Waals surface area contributed by atoms with Crippen LogP contribution in [0.4, 0.5) is 0 Å². The number of aromatic hydroxyl groups is 3. The highest BCUT2D eigenvalue weighted by molar-refractivity contribution is 5.56. The van der Waals surface area contributed by atoms with E-state index in [1.807, 2.05) is 0 Å². The molecule has 0 aromatic heterocycles. The number of aliphatic hydroxyl groups is 1. The second kappa shape index (κ2) is 4.61. The molecule has 0 saturated heterocycles. The Morgan fingerprint density at radius 3 is 2.35 bits per heavy atom. The van der Waals surface area contributed by atoms with Crippen LogP contribution in [0.2, 0.25) is 0 Å². The summed E-state index contributed by atoms with van der Waals surface area (Å²) in [6.07, 6.45) is -0.852. The molecule has 2 aromatic rings. The van der Waals surface area contributed by atoms with E-state index in [4.69, 9.17) is 4.74 Å². The van der Waals surface area contributed by atoms with Crippen LogP contribution in [-0.2, 0) is 0 Å². The van der Waals surface area contributed by atoms with Crippen LogP contribution in [0, 0.1) is 0 Å². The minimum atomic E-state index is -0.852. The topological polar surface area (TPSA) is 90.2 Å². The second-order valence-electron chi connectivity index (χ2n) is 4.81.